The van der Waals surface area contributed by atoms with Gasteiger partial charge in [0.15, 0.2) is 0 Å². The summed E-state index contributed by atoms with van der Waals surface area (Å²) < 4.78 is 13.0. The van der Waals surface area contributed by atoms with E-state index in [2.05, 4.69) is 9.55 Å². The van der Waals surface area contributed by atoms with Crippen molar-refractivity contribution in [2.24, 2.45) is 0 Å². The molecule has 0 bridgehead atoms. The van der Waals surface area contributed by atoms with Gasteiger partial charge < -0.3 is 18.9 Å². The fraction of sp³-hybridized carbons (Fsp3) is 0.545. The van der Waals surface area contributed by atoms with Gasteiger partial charge in [-0.25, -0.2) is 4.98 Å². The van der Waals surface area contributed by atoms with Crippen LogP contribution in [0.3, 0.4) is 0 Å². The molecule has 9 nitrogen and oxygen atoms in total. The average Bonchev–Trinajstić information content (AvgIpc) is 3.29. The number of carbonyl (C=O) groups excluding carboxylic acids is 1. The summed E-state index contributed by atoms with van der Waals surface area (Å²) in [6, 6.07) is 4.71. The van der Waals surface area contributed by atoms with Crippen molar-refractivity contribution in [1.29, 1.82) is 0 Å². The Hall–Kier alpha value is -2.43. The molecule has 1 fully saturated rings. The molecule has 1 aromatic carbocycles. The van der Waals surface area contributed by atoms with Crippen LogP contribution in [0.15, 0.2) is 35.5 Å². The molecule has 32 heavy (non-hydrogen) atoms. The van der Waals surface area contributed by atoms with Crippen molar-refractivity contribution in [3.05, 3.63) is 52.1 Å². The van der Waals surface area contributed by atoms with Crippen LogP contribution in [0.1, 0.15) is 41.9 Å². The molecule has 1 aromatic heterocycles. The number of thioether (sulfide) groups is 1. The summed E-state index contributed by atoms with van der Waals surface area (Å²) in [5, 5.41) is 11.3. The number of benzene rings is 1. The Bertz CT molecular complexity index is 911. The first kappa shape index (κ1) is 24.2. The monoisotopic (exact) mass is 462 g/mol. The van der Waals surface area contributed by atoms with Gasteiger partial charge in [-0.2, -0.15) is 0 Å². The van der Waals surface area contributed by atoms with Crippen molar-refractivity contribution in [3.8, 4) is 0 Å². The van der Waals surface area contributed by atoms with E-state index in [4.69, 9.17) is 9.47 Å². The van der Waals surface area contributed by atoms with Crippen LogP contribution in [0.5, 0.6) is 0 Å². The van der Waals surface area contributed by atoms with Crippen molar-refractivity contribution in [1.82, 2.24) is 14.5 Å². The Kier molecular flexibility index (Phi) is 9.07. The van der Waals surface area contributed by atoms with Crippen molar-refractivity contribution >= 4 is 23.4 Å². The lowest BCUT2D eigenvalue weighted by molar-refractivity contribution is -0.387. The number of ether oxygens (including phenoxy) is 2. The molecule has 0 unspecified atom stereocenters. The zero-order valence-corrected chi connectivity index (χ0v) is 19.4. The maximum Gasteiger partial charge on any atom is 0.283 e. The average molecular weight is 463 g/mol. The molecule has 1 aliphatic heterocycles. The van der Waals surface area contributed by atoms with E-state index in [9.17, 15) is 14.9 Å². The lowest BCUT2D eigenvalue weighted by atomic mass is 9.95. The molecule has 2 heterocycles. The molecule has 3 rings (SSSR count). The first-order valence-corrected chi connectivity index (χ1v) is 12.1. The molecule has 0 N–H and O–H groups in total. The predicted octanol–water partition coefficient (Wildman–Crippen LogP) is 3.59. The van der Waals surface area contributed by atoms with E-state index in [1.54, 1.807) is 29.5 Å². The number of carbonyl (C=O) groups is 1. The van der Waals surface area contributed by atoms with E-state index in [1.165, 1.54) is 17.8 Å². The minimum Gasteiger partial charge on any atom is -0.379 e. The summed E-state index contributed by atoms with van der Waals surface area (Å²) >= 11 is 1.30. The fourth-order valence-electron chi connectivity index (χ4n) is 3.89. The highest BCUT2D eigenvalue weighted by Crippen LogP contribution is 2.31. The van der Waals surface area contributed by atoms with E-state index < -0.39 is 4.92 Å². The predicted molar refractivity (Wildman–Crippen MR) is 122 cm³/mol. The number of aromatic nitrogens is 2. The summed E-state index contributed by atoms with van der Waals surface area (Å²) in [4.78, 5) is 30.7. The van der Waals surface area contributed by atoms with E-state index in [0.717, 1.165) is 25.2 Å². The fourth-order valence-corrected chi connectivity index (χ4v) is 4.43. The summed E-state index contributed by atoms with van der Waals surface area (Å²) in [6.45, 7) is 6.35. The first-order valence-electron chi connectivity index (χ1n) is 10.8. The second kappa shape index (κ2) is 12.0. The molecule has 1 saturated heterocycles. The second-order valence-electron chi connectivity index (χ2n) is 7.50. The van der Waals surface area contributed by atoms with Crippen molar-refractivity contribution in [3.63, 3.8) is 0 Å². The molecule has 10 heteroatoms. The second-order valence-corrected chi connectivity index (χ2v) is 8.35. The van der Waals surface area contributed by atoms with Crippen LogP contribution in [0.2, 0.25) is 0 Å². The summed E-state index contributed by atoms with van der Waals surface area (Å²) in [5.41, 5.74) is 0.336. The number of imidazole rings is 1. The Morgan fingerprint density at radius 2 is 2.00 bits per heavy atom. The number of hydrogen-bond acceptors (Lipinski definition) is 7. The van der Waals surface area contributed by atoms with Crippen LogP contribution < -0.4 is 0 Å². The summed E-state index contributed by atoms with van der Waals surface area (Å²) in [5.74, 6) is 1.13. The van der Waals surface area contributed by atoms with Gasteiger partial charge >= 0.3 is 0 Å². The maximum absolute atomic E-state index is 12.9. The molecular formula is C22H30N4O5S. The Labute approximate surface area is 192 Å². The van der Waals surface area contributed by atoms with Crippen LogP contribution in [0, 0.1) is 10.1 Å². The highest BCUT2D eigenvalue weighted by molar-refractivity contribution is 7.98. The zero-order valence-electron chi connectivity index (χ0n) is 18.6. The first-order chi connectivity index (χ1) is 15.5. The normalized spacial score (nSPS) is 14.6. The van der Waals surface area contributed by atoms with Gasteiger partial charge in [-0.3, -0.25) is 14.9 Å². The van der Waals surface area contributed by atoms with Gasteiger partial charge in [0.25, 0.3) is 11.6 Å². The van der Waals surface area contributed by atoms with Gasteiger partial charge in [-0.15, -0.1) is 11.8 Å². The van der Waals surface area contributed by atoms with E-state index in [1.807, 2.05) is 13.1 Å². The van der Waals surface area contributed by atoms with Crippen LogP contribution in [0.25, 0.3) is 0 Å². The number of likely N-dealkylation sites (tertiary alicyclic amines) is 1. The van der Waals surface area contributed by atoms with Crippen molar-refractivity contribution < 1.29 is 19.2 Å². The summed E-state index contributed by atoms with van der Waals surface area (Å²) in [6.07, 6.45) is 7.16. The molecule has 2 aromatic rings. The third kappa shape index (κ3) is 6.08. The molecular weight excluding hydrogens is 432 g/mol. The molecule has 174 valence electrons. The number of nitro groups is 1. The molecule has 1 aliphatic rings. The third-order valence-electron chi connectivity index (χ3n) is 5.57. The quantitative estimate of drug-likeness (QED) is 0.218. The molecule has 0 spiro atoms. The Morgan fingerprint density at radius 3 is 2.69 bits per heavy atom. The van der Waals surface area contributed by atoms with E-state index >= 15 is 0 Å². The van der Waals surface area contributed by atoms with Gasteiger partial charge in [-0.05, 0) is 38.2 Å². The Morgan fingerprint density at radius 1 is 1.25 bits per heavy atom. The minimum absolute atomic E-state index is 0.0243. The number of amides is 1. The Balaban J connectivity index is 1.55. The van der Waals surface area contributed by atoms with Crippen molar-refractivity contribution in [2.75, 3.05) is 45.8 Å². The number of hydrogen-bond donors (Lipinski definition) is 0. The minimum atomic E-state index is -0.435. The number of nitrogens with zero attached hydrogens (tertiary/aromatic N) is 4. The molecule has 0 aliphatic carbocycles. The van der Waals surface area contributed by atoms with Crippen LogP contribution in [-0.2, 0) is 16.0 Å². The topological polar surface area (TPSA) is 99.7 Å². The van der Waals surface area contributed by atoms with Gasteiger partial charge in [0.2, 0.25) is 0 Å². The van der Waals surface area contributed by atoms with E-state index in [-0.39, 0.29) is 17.5 Å². The number of rotatable bonds is 11. The molecule has 0 saturated carbocycles. The van der Waals surface area contributed by atoms with Gasteiger partial charge in [0.05, 0.1) is 29.6 Å². The van der Waals surface area contributed by atoms with Gasteiger partial charge in [0, 0.05) is 56.2 Å². The van der Waals surface area contributed by atoms with E-state index in [0.29, 0.717) is 50.0 Å². The molecule has 0 atom stereocenters. The number of nitro benzene ring substituents is 1. The highest BCUT2D eigenvalue weighted by Gasteiger charge is 2.28. The number of piperidine rings is 1. The SMILES string of the molecule is CCOCCOCCn1ccnc1C1CCN(C(=O)c2ccc(SC)c([N+](=O)[O-])c2)CC1. The van der Waals surface area contributed by atoms with Crippen LogP contribution in [-0.4, -0.2) is 71.1 Å². The van der Waals surface area contributed by atoms with Crippen molar-refractivity contribution in [2.45, 2.75) is 37.1 Å². The third-order valence-corrected chi connectivity index (χ3v) is 6.36. The van der Waals surface area contributed by atoms with Crippen LogP contribution >= 0.6 is 11.8 Å². The summed E-state index contributed by atoms with van der Waals surface area (Å²) in [7, 11) is 0. The zero-order chi connectivity index (χ0) is 22.9. The standard InChI is InChI=1S/C22H30N4O5S/c1-3-30-14-15-31-13-12-24-11-8-23-21(24)17-6-9-25(10-7-17)22(27)18-4-5-20(32-2)19(16-18)26(28)29/h4-5,8,11,16-17H,3,6-7,9-10,12-15H2,1-2H3. The van der Waals surface area contributed by atoms with Gasteiger partial charge in [0.1, 0.15) is 5.82 Å². The van der Waals surface area contributed by atoms with Gasteiger partial charge in [-0.1, -0.05) is 0 Å². The maximum atomic E-state index is 12.9. The lowest BCUT2D eigenvalue weighted by Crippen LogP contribution is -2.38. The van der Waals surface area contributed by atoms with Crippen LogP contribution in [0.4, 0.5) is 5.69 Å². The molecule has 1 amide bonds. The highest BCUT2D eigenvalue weighted by atomic mass is 32.2. The largest absolute Gasteiger partial charge is 0.379 e. The molecule has 0 radical (unpaired) electrons. The smallest absolute Gasteiger partial charge is 0.283 e. The lowest BCUT2D eigenvalue weighted by Gasteiger charge is -2.32.